The molecule has 5 nitrogen and oxygen atoms in total. The smallest absolute Gasteiger partial charge is 0.245 e. The molecule has 1 fully saturated rings. The van der Waals surface area contributed by atoms with Crippen LogP contribution in [0.4, 0.5) is 5.13 Å². The highest BCUT2D eigenvalue weighted by molar-refractivity contribution is 8.00. The molecule has 25 heavy (non-hydrogen) atoms. The summed E-state index contributed by atoms with van der Waals surface area (Å²) in [4.78, 5) is 29.7. The quantitative estimate of drug-likeness (QED) is 0.887. The fourth-order valence-corrected chi connectivity index (χ4v) is 4.12. The first kappa shape index (κ1) is 17.9. The van der Waals surface area contributed by atoms with Gasteiger partial charge in [-0.25, -0.2) is 4.98 Å². The van der Waals surface area contributed by atoms with Crippen molar-refractivity contribution < 1.29 is 9.59 Å². The Morgan fingerprint density at radius 1 is 1.28 bits per heavy atom. The van der Waals surface area contributed by atoms with Crippen LogP contribution in [-0.2, 0) is 15.0 Å². The number of rotatable bonds is 4. The average molecular weight is 376 g/mol. The SMILES string of the molecule is CC(C)(C)c1ccc(-c2csc(NC(=O)CN3CSCC3=O)n2)cc1. The van der Waals surface area contributed by atoms with Crippen LogP contribution in [0.1, 0.15) is 26.3 Å². The zero-order valence-corrected chi connectivity index (χ0v) is 16.2. The van der Waals surface area contributed by atoms with Crippen molar-refractivity contribution in [2.24, 2.45) is 0 Å². The lowest BCUT2D eigenvalue weighted by molar-refractivity contribution is -0.130. The number of benzene rings is 1. The molecule has 0 spiro atoms. The molecule has 0 bridgehead atoms. The van der Waals surface area contributed by atoms with Crippen LogP contribution in [0.3, 0.4) is 0 Å². The Kier molecular flexibility index (Phi) is 5.15. The minimum atomic E-state index is -0.208. The maximum atomic E-state index is 12.1. The van der Waals surface area contributed by atoms with E-state index >= 15 is 0 Å². The third-order valence-corrected chi connectivity index (χ3v) is 5.66. The first-order chi connectivity index (χ1) is 11.8. The van der Waals surface area contributed by atoms with E-state index in [1.165, 1.54) is 28.7 Å². The van der Waals surface area contributed by atoms with Crippen LogP contribution >= 0.6 is 23.1 Å². The first-order valence-electron chi connectivity index (χ1n) is 8.05. The predicted octanol–water partition coefficient (Wildman–Crippen LogP) is 3.58. The van der Waals surface area contributed by atoms with Gasteiger partial charge in [0.25, 0.3) is 0 Å². The summed E-state index contributed by atoms with van der Waals surface area (Å²) in [5, 5.41) is 5.26. The molecular weight excluding hydrogens is 354 g/mol. The van der Waals surface area contributed by atoms with Crippen molar-refractivity contribution in [3.63, 3.8) is 0 Å². The van der Waals surface area contributed by atoms with Crippen molar-refractivity contribution in [2.45, 2.75) is 26.2 Å². The van der Waals surface area contributed by atoms with Crippen LogP contribution in [0.15, 0.2) is 29.6 Å². The Morgan fingerprint density at radius 3 is 2.60 bits per heavy atom. The Balaban J connectivity index is 1.64. The fraction of sp³-hybridized carbons (Fsp3) is 0.389. The molecule has 2 amide bonds. The lowest BCUT2D eigenvalue weighted by atomic mass is 9.86. The summed E-state index contributed by atoms with van der Waals surface area (Å²) in [6.45, 7) is 6.63. The Hall–Kier alpha value is -1.86. The molecule has 1 aliphatic heterocycles. The van der Waals surface area contributed by atoms with Gasteiger partial charge in [0.05, 0.1) is 17.3 Å². The summed E-state index contributed by atoms with van der Waals surface area (Å²) >= 11 is 2.92. The number of hydrogen-bond donors (Lipinski definition) is 1. The number of thiazole rings is 1. The predicted molar refractivity (Wildman–Crippen MR) is 104 cm³/mol. The van der Waals surface area contributed by atoms with E-state index in [1.807, 2.05) is 5.38 Å². The highest BCUT2D eigenvalue weighted by Crippen LogP contribution is 2.28. The van der Waals surface area contributed by atoms with Gasteiger partial charge in [-0.15, -0.1) is 23.1 Å². The van der Waals surface area contributed by atoms with Crippen LogP contribution in [0, 0.1) is 0 Å². The number of nitrogens with zero attached hydrogens (tertiary/aromatic N) is 2. The van der Waals surface area contributed by atoms with E-state index in [9.17, 15) is 9.59 Å². The minimum absolute atomic E-state index is 0.0129. The second-order valence-electron chi connectivity index (χ2n) is 6.98. The van der Waals surface area contributed by atoms with Crippen LogP contribution in [0.5, 0.6) is 0 Å². The van der Waals surface area contributed by atoms with Crippen molar-refractivity contribution in [2.75, 3.05) is 23.5 Å². The molecule has 1 aliphatic rings. The maximum Gasteiger partial charge on any atom is 0.245 e. The lowest BCUT2D eigenvalue weighted by Gasteiger charge is -2.18. The van der Waals surface area contributed by atoms with Crippen molar-refractivity contribution in [3.05, 3.63) is 35.2 Å². The van der Waals surface area contributed by atoms with Gasteiger partial charge in [-0.3, -0.25) is 9.59 Å². The molecule has 3 rings (SSSR count). The van der Waals surface area contributed by atoms with Crippen LogP contribution in [0.25, 0.3) is 11.3 Å². The van der Waals surface area contributed by atoms with Crippen molar-refractivity contribution in [1.82, 2.24) is 9.88 Å². The molecule has 0 aliphatic carbocycles. The summed E-state index contributed by atoms with van der Waals surface area (Å²) in [6.07, 6.45) is 0. The molecule has 1 aromatic heterocycles. The van der Waals surface area contributed by atoms with Gasteiger partial charge in [0.2, 0.25) is 11.8 Å². The highest BCUT2D eigenvalue weighted by atomic mass is 32.2. The van der Waals surface area contributed by atoms with Gasteiger partial charge < -0.3 is 10.2 Å². The molecule has 0 saturated carbocycles. The number of nitrogens with one attached hydrogen (secondary N) is 1. The van der Waals surface area contributed by atoms with Gasteiger partial charge in [0, 0.05) is 10.9 Å². The number of carbonyl (C=O) groups excluding carboxylic acids is 2. The summed E-state index contributed by atoms with van der Waals surface area (Å²) in [6, 6.07) is 8.34. The van der Waals surface area contributed by atoms with Gasteiger partial charge >= 0.3 is 0 Å². The lowest BCUT2D eigenvalue weighted by Crippen LogP contribution is -2.34. The summed E-state index contributed by atoms with van der Waals surface area (Å²) in [5.74, 6) is 0.841. The minimum Gasteiger partial charge on any atom is -0.323 e. The van der Waals surface area contributed by atoms with Crippen molar-refractivity contribution >= 4 is 40.0 Å². The van der Waals surface area contributed by atoms with Crippen molar-refractivity contribution in [3.8, 4) is 11.3 Å². The second-order valence-corrected chi connectivity index (χ2v) is 8.80. The third kappa shape index (κ3) is 4.41. The van der Waals surface area contributed by atoms with E-state index in [0.29, 0.717) is 16.8 Å². The third-order valence-electron chi connectivity index (χ3n) is 3.96. The Bertz CT molecular complexity index is 778. The van der Waals surface area contributed by atoms with Crippen LogP contribution in [0.2, 0.25) is 0 Å². The monoisotopic (exact) mass is 375 g/mol. The normalized spacial score (nSPS) is 14.8. The summed E-state index contributed by atoms with van der Waals surface area (Å²) < 4.78 is 0. The summed E-state index contributed by atoms with van der Waals surface area (Å²) in [7, 11) is 0. The topological polar surface area (TPSA) is 62.3 Å². The van der Waals surface area contributed by atoms with Gasteiger partial charge in [-0.2, -0.15) is 0 Å². The molecule has 0 radical (unpaired) electrons. The molecule has 132 valence electrons. The number of thioether (sulfide) groups is 1. The van der Waals surface area contributed by atoms with E-state index in [4.69, 9.17) is 0 Å². The van der Waals surface area contributed by atoms with E-state index in [0.717, 1.165) is 11.3 Å². The second kappa shape index (κ2) is 7.17. The number of hydrogen-bond acceptors (Lipinski definition) is 5. The van der Waals surface area contributed by atoms with Gasteiger partial charge in [0.15, 0.2) is 5.13 Å². The van der Waals surface area contributed by atoms with E-state index in [-0.39, 0.29) is 23.8 Å². The largest absolute Gasteiger partial charge is 0.323 e. The standard InChI is InChI=1S/C18H21N3O2S2/c1-18(2,3)13-6-4-12(5-7-13)14-9-25-17(19-14)20-15(22)8-21-11-24-10-16(21)23/h4-7,9H,8,10-11H2,1-3H3,(H,19,20,22). The fourth-order valence-electron chi connectivity index (χ4n) is 2.48. The molecule has 1 aromatic carbocycles. The number of aromatic nitrogens is 1. The first-order valence-corrected chi connectivity index (χ1v) is 10.1. The Morgan fingerprint density at radius 2 is 2.00 bits per heavy atom. The molecule has 1 saturated heterocycles. The number of carbonyl (C=O) groups is 2. The highest BCUT2D eigenvalue weighted by Gasteiger charge is 2.23. The number of anilines is 1. The van der Waals surface area contributed by atoms with Gasteiger partial charge in [-0.1, -0.05) is 45.0 Å². The zero-order valence-electron chi connectivity index (χ0n) is 14.5. The molecular formula is C18H21N3O2S2. The van der Waals surface area contributed by atoms with Crippen LogP contribution in [-0.4, -0.2) is 39.9 Å². The van der Waals surface area contributed by atoms with Crippen molar-refractivity contribution in [1.29, 1.82) is 0 Å². The molecule has 1 N–H and O–H groups in total. The van der Waals surface area contributed by atoms with E-state index in [1.54, 1.807) is 4.90 Å². The van der Waals surface area contributed by atoms with E-state index < -0.39 is 0 Å². The van der Waals surface area contributed by atoms with Gasteiger partial charge in [0.1, 0.15) is 6.54 Å². The molecule has 2 heterocycles. The zero-order chi connectivity index (χ0) is 18.0. The molecule has 0 unspecified atom stereocenters. The average Bonchev–Trinajstić information content (AvgIpc) is 3.16. The molecule has 0 atom stereocenters. The van der Waals surface area contributed by atoms with E-state index in [2.05, 4.69) is 55.3 Å². The maximum absolute atomic E-state index is 12.1. The van der Waals surface area contributed by atoms with Crippen LogP contribution < -0.4 is 5.32 Å². The molecule has 2 aromatic rings. The van der Waals surface area contributed by atoms with Gasteiger partial charge in [-0.05, 0) is 11.0 Å². The molecule has 7 heteroatoms. The number of amides is 2. The summed E-state index contributed by atoms with van der Waals surface area (Å²) in [5.41, 5.74) is 3.25. The Labute approximate surface area is 155 Å².